The van der Waals surface area contributed by atoms with Crippen molar-refractivity contribution in [2.45, 2.75) is 33.3 Å². The Hall–Kier alpha value is -0.570. The van der Waals surface area contributed by atoms with Gasteiger partial charge < -0.3 is 9.47 Å². The van der Waals surface area contributed by atoms with Crippen molar-refractivity contribution < 1.29 is 14.3 Å². The van der Waals surface area contributed by atoms with Crippen LogP contribution < -0.4 is 0 Å². The van der Waals surface area contributed by atoms with E-state index in [1.165, 1.54) is 7.11 Å². The van der Waals surface area contributed by atoms with Crippen LogP contribution in [0.2, 0.25) is 0 Å². The van der Waals surface area contributed by atoms with Crippen molar-refractivity contribution in [2.75, 3.05) is 13.7 Å². The number of hydrogen-bond acceptors (Lipinski definition) is 3. The van der Waals surface area contributed by atoms with Crippen LogP contribution in [0, 0.1) is 5.92 Å². The fraction of sp³-hybridized carbons (Fsp3) is 0.889. The first-order valence-electron chi connectivity index (χ1n) is 4.31. The Morgan fingerprint density at radius 3 is 2.33 bits per heavy atom. The van der Waals surface area contributed by atoms with Crippen LogP contribution in [0.3, 0.4) is 0 Å². The lowest BCUT2D eigenvalue weighted by Gasteiger charge is -2.15. The van der Waals surface area contributed by atoms with Crippen molar-refractivity contribution in [3.63, 3.8) is 0 Å². The second-order valence-electron chi connectivity index (χ2n) is 3.11. The molecule has 0 aliphatic carbocycles. The van der Waals surface area contributed by atoms with Crippen LogP contribution >= 0.6 is 0 Å². The Balaban J connectivity index is 3.87. The zero-order valence-corrected chi connectivity index (χ0v) is 8.29. The van der Waals surface area contributed by atoms with Gasteiger partial charge in [-0.15, -0.1) is 0 Å². The standard InChI is InChI=1S/C9H18O3/c1-5-12-9(10)8(11-4)6-7(2)3/h7-8H,5-6H2,1-4H3/t8-/m1/s1. The highest BCUT2D eigenvalue weighted by molar-refractivity contribution is 5.74. The molecule has 0 aromatic carbocycles. The fourth-order valence-corrected chi connectivity index (χ4v) is 0.952. The molecular weight excluding hydrogens is 156 g/mol. The minimum absolute atomic E-state index is 0.256. The average molecular weight is 174 g/mol. The highest BCUT2D eigenvalue weighted by Crippen LogP contribution is 2.08. The number of carbonyl (C=O) groups is 1. The molecule has 3 heteroatoms. The summed E-state index contributed by atoms with van der Waals surface area (Å²) in [4.78, 5) is 11.2. The third-order valence-electron chi connectivity index (χ3n) is 1.52. The zero-order valence-electron chi connectivity index (χ0n) is 8.29. The van der Waals surface area contributed by atoms with Crippen LogP contribution in [0.1, 0.15) is 27.2 Å². The summed E-state index contributed by atoms with van der Waals surface area (Å²) in [5.74, 6) is 0.188. The van der Waals surface area contributed by atoms with Crippen LogP contribution in [0.15, 0.2) is 0 Å². The van der Waals surface area contributed by atoms with Crippen LogP contribution in [0.5, 0.6) is 0 Å². The van der Waals surface area contributed by atoms with Crippen molar-refractivity contribution in [3.05, 3.63) is 0 Å². The topological polar surface area (TPSA) is 35.5 Å². The summed E-state index contributed by atoms with van der Waals surface area (Å²) in [7, 11) is 1.53. The summed E-state index contributed by atoms with van der Waals surface area (Å²) in [5.41, 5.74) is 0. The summed E-state index contributed by atoms with van der Waals surface area (Å²) in [6.45, 7) is 6.30. The first kappa shape index (κ1) is 11.4. The Bertz CT molecular complexity index is 132. The van der Waals surface area contributed by atoms with Gasteiger partial charge in [0.15, 0.2) is 6.10 Å². The SMILES string of the molecule is CCOC(=O)[C@@H](CC(C)C)OC. The van der Waals surface area contributed by atoms with E-state index in [2.05, 4.69) is 0 Å². The largest absolute Gasteiger partial charge is 0.464 e. The maximum absolute atomic E-state index is 11.2. The van der Waals surface area contributed by atoms with Gasteiger partial charge in [0.2, 0.25) is 0 Å². The fourth-order valence-electron chi connectivity index (χ4n) is 0.952. The number of carbonyl (C=O) groups excluding carboxylic acids is 1. The Morgan fingerprint density at radius 1 is 1.42 bits per heavy atom. The third-order valence-corrected chi connectivity index (χ3v) is 1.52. The molecule has 72 valence electrons. The molecule has 0 radical (unpaired) electrons. The van der Waals surface area contributed by atoms with Gasteiger partial charge in [0.05, 0.1) is 6.61 Å². The molecule has 0 aliphatic rings. The number of ether oxygens (including phenoxy) is 2. The maximum atomic E-state index is 11.2. The zero-order chi connectivity index (χ0) is 9.56. The maximum Gasteiger partial charge on any atom is 0.335 e. The molecule has 0 aromatic rings. The third kappa shape index (κ3) is 4.34. The van der Waals surface area contributed by atoms with Gasteiger partial charge in [-0.25, -0.2) is 4.79 Å². The average Bonchev–Trinajstić information content (AvgIpc) is 2.00. The summed E-state index contributed by atoms with van der Waals surface area (Å²) in [5, 5.41) is 0. The molecule has 1 atom stereocenters. The van der Waals surface area contributed by atoms with Crippen LogP contribution in [0.25, 0.3) is 0 Å². The van der Waals surface area contributed by atoms with Gasteiger partial charge in [-0.2, -0.15) is 0 Å². The van der Waals surface area contributed by atoms with Crippen molar-refractivity contribution in [3.8, 4) is 0 Å². The second kappa shape index (κ2) is 6.00. The smallest absolute Gasteiger partial charge is 0.335 e. The van der Waals surface area contributed by atoms with E-state index in [1.807, 2.05) is 13.8 Å². The summed E-state index contributed by atoms with van der Waals surface area (Å²) in [6, 6.07) is 0. The predicted molar refractivity (Wildman–Crippen MR) is 46.9 cm³/mol. The first-order valence-corrected chi connectivity index (χ1v) is 4.31. The van der Waals surface area contributed by atoms with Crippen LogP contribution in [-0.2, 0) is 14.3 Å². The number of methoxy groups -OCH3 is 1. The Kier molecular flexibility index (Phi) is 5.72. The molecule has 3 nitrogen and oxygen atoms in total. The molecule has 0 saturated carbocycles. The lowest BCUT2D eigenvalue weighted by molar-refractivity contribution is -0.155. The molecular formula is C9H18O3. The minimum Gasteiger partial charge on any atom is -0.464 e. The van der Waals surface area contributed by atoms with Gasteiger partial charge >= 0.3 is 5.97 Å². The molecule has 0 bridgehead atoms. The monoisotopic (exact) mass is 174 g/mol. The van der Waals surface area contributed by atoms with Gasteiger partial charge in [-0.05, 0) is 19.3 Å². The van der Waals surface area contributed by atoms with Crippen LogP contribution in [-0.4, -0.2) is 25.8 Å². The van der Waals surface area contributed by atoms with Gasteiger partial charge in [-0.1, -0.05) is 13.8 Å². The van der Waals surface area contributed by atoms with Crippen molar-refractivity contribution in [1.29, 1.82) is 0 Å². The van der Waals surface area contributed by atoms with E-state index in [1.54, 1.807) is 6.92 Å². The van der Waals surface area contributed by atoms with E-state index in [-0.39, 0.29) is 5.97 Å². The molecule has 0 rings (SSSR count). The van der Waals surface area contributed by atoms with E-state index < -0.39 is 6.10 Å². The number of rotatable bonds is 5. The van der Waals surface area contributed by atoms with E-state index in [0.29, 0.717) is 12.5 Å². The van der Waals surface area contributed by atoms with E-state index in [0.717, 1.165) is 6.42 Å². The van der Waals surface area contributed by atoms with Crippen molar-refractivity contribution in [1.82, 2.24) is 0 Å². The molecule has 0 saturated heterocycles. The molecule has 0 aliphatic heterocycles. The lowest BCUT2D eigenvalue weighted by atomic mass is 10.1. The molecule has 0 heterocycles. The number of hydrogen-bond donors (Lipinski definition) is 0. The molecule has 0 fully saturated rings. The van der Waals surface area contributed by atoms with E-state index in [9.17, 15) is 4.79 Å². The van der Waals surface area contributed by atoms with Gasteiger partial charge in [0, 0.05) is 7.11 Å². The lowest BCUT2D eigenvalue weighted by Crippen LogP contribution is -2.26. The number of esters is 1. The molecule has 0 N–H and O–H groups in total. The Morgan fingerprint density at radius 2 is 2.00 bits per heavy atom. The van der Waals surface area contributed by atoms with Crippen LogP contribution in [0.4, 0.5) is 0 Å². The first-order chi connectivity index (χ1) is 5.61. The Labute approximate surface area is 74.0 Å². The molecule has 12 heavy (non-hydrogen) atoms. The molecule has 0 aromatic heterocycles. The molecule has 0 spiro atoms. The quantitative estimate of drug-likeness (QED) is 0.594. The predicted octanol–water partition coefficient (Wildman–Crippen LogP) is 1.61. The normalized spacial score (nSPS) is 13.1. The van der Waals surface area contributed by atoms with Crippen molar-refractivity contribution in [2.24, 2.45) is 5.92 Å². The minimum atomic E-state index is -0.398. The molecule has 0 amide bonds. The van der Waals surface area contributed by atoms with E-state index >= 15 is 0 Å². The summed E-state index contributed by atoms with van der Waals surface area (Å²) in [6.07, 6.45) is 0.319. The van der Waals surface area contributed by atoms with Gasteiger partial charge in [0.25, 0.3) is 0 Å². The highest BCUT2D eigenvalue weighted by atomic mass is 16.6. The summed E-state index contributed by atoms with van der Waals surface area (Å²) < 4.78 is 9.83. The highest BCUT2D eigenvalue weighted by Gasteiger charge is 2.19. The summed E-state index contributed by atoms with van der Waals surface area (Å²) >= 11 is 0. The van der Waals surface area contributed by atoms with Gasteiger partial charge in [-0.3, -0.25) is 0 Å². The second-order valence-corrected chi connectivity index (χ2v) is 3.11. The van der Waals surface area contributed by atoms with Crippen molar-refractivity contribution >= 4 is 5.97 Å². The molecule has 0 unspecified atom stereocenters. The van der Waals surface area contributed by atoms with E-state index in [4.69, 9.17) is 9.47 Å². The van der Waals surface area contributed by atoms with Gasteiger partial charge in [0.1, 0.15) is 0 Å².